The molecule has 5 heteroatoms. The third kappa shape index (κ3) is 2.87. The van der Waals surface area contributed by atoms with E-state index in [1.54, 1.807) is 11.8 Å². The average molecular weight is 227 g/mol. The average Bonchev–Trinajstić information content (AvgIpc) is 2.25. The van der Waals surface area contributed by atoms with Crippen LogP contribution in [0.15, 0.2) is 5.16 Å². The number of rotatable bonds is 5. The number of amidine groups is 1. The number of nitrogens with two attached hydrogens (primary N) is 1. The van der Waals surface area contributed by atoms with Crippen molar-refractivity contribution in [1.82, 2.24) is 4.90 Å². The Morgan fingerprint density at radius 2 is 2.25 bits per heavy atom. The molecule has 0 aromatic rings. The molecule has 0 radical (unpaired) electrons. The lowest BCUT2D eigenvalue weighted by Gasteiger charge is -2.32. The van der Waals surface area contributed by atoms with E-state index in [-0.39, 0.29) is 11.7 Å². The second-order valence-electron chi connectivity index (χ2n) is 4.42. The molecule has 1 saturated carbocycles. The zero-order chi connectivity index (χ0) is 12.1. The Kier molecular flexibility index (Phi) is 4.58. The van der Waals surface area contributed by atoms with Gasteiger partial charge >= 0.3 is 0 Å². The van der Waals surface area contributed by atoms with Crippen LogP contribution in [0, 0.1) is 11.8 Å². The van der Waals surface area contributed by atoms with E-state index in [0.29, 0.717) is 12.5 Å². The van der Waals surface area contributed by atoms with E-state index >= 15 is 0 Å². The van der Waals surface area contributed by atoms with Gasteiger partial charge in [-0.3, -0.25) is 4.79 Å². The minimum Gasteiger partial charge on any atom is -0.409 e. The van der Waals surface area contributed by atoms with Gasteiger partial charge in [0.05, 0.1) is 5.92 Å². The first-order valence-electron chi connectivity index (χ1n) is 5.86. The highest BCUT2D eigenvalue weighted by Gasteiger charge is 2.27. The van der Waals surface area contributed by atoms with Gasteiger partial charge in [-0.15, -0.1) is 0 Å². The van der Waals surface area contributed by atoms with E-state index in [0.717, 1.165) is 6.54 Å². The standard InChI is InChI=1S/C11H21N3O2/c1-3-14(7-9-5-4-6-9)11(15)8(2)10(12)13-16/h8-9,16H,3-7H2,1-2H3,(H2,12,13). The molecule has 3 N–H and O–H groups in total. The van der Waals surface area contributed by atoms with Crippen molar-refractivity contribution in [2.45, 2.75) is 33.1 Å². The normalized spacial score (nSPS) is 19.0. The summed E-state index contributed by atoms with van der Waals surface area (Å²) in [5.41, 5.74) is 5.44. The van der Waals surface area contributed by atoms with Crippen LogP contribution in [0.4, 0.5) is 0 Å². The summed E-state index contributed by atoms with van der Waals surface area (Å²) >= 11 is 0. The molecule has 1 unspecified atom stereocenters. The third-order valence-electron chi connectivity index (χ3n) is 3.33. The highest BCUT2D eigenvalue weighted by molar-refractivity contribution is 6.01. The quantitative estimate of drug-likeness (QED) is 0.318. The molecule has 92 valence electrons. The molecule has 0 bridgehead atoms. The first-order chi connectivity index (χ1) is 7.60. The molecule has 0 aliphatic heterocycles. The Balaban J connectivity index is 2.53. The van der Waals surface area contributed by atoms with E-state index in [9.17, 15) is 4.79 Å². The Bertz CT molecular complexity index is 274. The molecule has 0 spiro atoms. The lowest BCUT2D eigenvalue weighted by Crippen LogP contribution is -2.43. The summed E-state index contributed by atoms with van der Waals surface area (Å²) in [5, 5.41) is 11.4. The maximum absolute atomic E-state index is 12.0. The summed E-state index contributed by atoms with van der Waals surface area (Å²) in [6, 6.07) is 0. The van der Waals surface area contributed by atoms with E-state index in [2.05, 4.69) is 5.16 Å². The molecule has 16 heavy (non-hydrogen) atoms. The highest BCUT2D eigenvalue weighted by Crippen LogP contribution is 2.27. The summed E-state index contributed by atoms with van der Waals surface area (Å²) in [7, 11) is 0. The lowest BCUT2D eigenvalue weighted by molar-refractivity contribution is -0.133. The van der Waals surface area contributed by atoms with Gasteiger partial charge in [0.1, 0.15) is 0 Å². The third-order valence-corrected chi connectivity index (χ3v) is 3.33. The number of hydrogen-bond donors (Lipinski definition) is 2. The fraction of sp³-hybridized carbons (Fsp3) is 0.818. The topological polar surface area (TPSA) is 78.9 Å². The fourth-order valence-corrected chi connectivity index (χ4v) is 1.85. The van der Waals surface area contributed by atoms with Crippen molar-refractivity contribution >= 4 is 11.7 Å². The Hall–Kier alpha value is -1.26. The molecular formula is C11H21N3O2. The second-order valence-corrected chi connectivity index (χ2v) is 4.42. The summed E-state index contributed by atoms with van der Waals surface area (Å²) in [6.45, 7) is 5.10. The van der Waals surface area contributed by atoms with Crippen molar-refractivity contribution in [3.63, 3.8) is 0 Å². The van der Waals surface area contributed by atoms with Crippen LogP contribution in [-0.4, -0.2) is 34.9 Å². The summed E-state index contributed by atoms with van der Waals surface area (Å²) < 4.78 is 0. The van der Waals surface area contributed by atoms with Crippen molar-refractivity contribution < 1.29 is 10.0 Å². The monoisotopic (exact) mass is 227 g/mol. The van der Waals surface area contributed by atoms with Gasteiger partial charge in [0.2, 0.25) is 5.91 Å². The zero-order valence-corrected chi connectivity index (χ0v) is 10.0. The van der Waals surface area contributed by atoms with Gasteiger partial charge < -0.3 is 15.8 Å². The number of carbonyl (C=O) groups excluding carboxylic acids is 1. The minimum absolute atomic E-state index is 0.0166. The van der Waals surface area contributed by atoms with Gasteiger partial charge in [0, 0.05) is 13.1 Å². The number of carbonyl (C=O) groups is 1. The van der Waals surface area contributed by atoms with Gasteiger partial charge in [0.25, 0.3) is 0 Å². The Morgan fingerprint density at radius 3 is 2.62 bits per heavy atom. The Morgan fingerprint density at radius 1 is 1.62 bits per heavy atom. The van der Waals surface area contributed by atoms with Crippen molar-refractivity contribution in [2.75, 3.05) is 13.1 Å². The van der Waals surface area contributed by atoms with Crippen LogP contribution in [0.1, 0.15) is 33.1 Å². The molecule has 1 aliphatic carbocycles. The number of amides is 1. The van der Waals surface area contributed by atoms with Gasteiger partial charge in [-0.05, 0) is 32.6 Å². The first kappa shape index (κ1) is 12.8. The molecule has 0 saturated heterocycles. The maximum Gasteiger partial charge on any atom is 0.233 e. The molecule has 0 aromatic carbocycles. The van der Waals surface area contributed by atoms with Gasteiger partial charge in [-0.25, -0.2) is 0 Å². The van der Waals surface area contributed by atoms with Crippen LogP contribution in [0.25, 0.3) is 0 Å². The van der Waals surface area contributed by atoms with E-state index in [4.69, 9.17) is 10.9 Å². The molecule has 0 aromatic heterocycles. The molecule has 1 atom stereocenters. The SMILES string of the molecule is CCN(CC1CCC1)C(=O)C(C)C(N)=NO. The molecule has 1 amide bonds. The van der Waals surface area contributed by atoms with E-state index in [1.165, 1.54) is 19.3 Å². The van der Waals surface area contributed by atoms with Crippen molar-refractivity contribution in [1.29, 1.82) is 0 Å². The molecular weight excluding hydrogens is 206 g/mol. The molecule has 1 fully saturated rings. The molecule has 0 heterocycles. The van der Waals surface area contributed by atoms with Crippen LogP contribution < -0.4 is 5.73 Å². The van der Waals surface area contributed by atoms with Crippen LogP contribution >= 0.6 is 0 Å². The molecule has 5 nitrogen and oxygen atoms in total. The maximum atomic E-state index is 12.0. The molecule has 1 aliphatic rings. The van der Waals surface area contributed by atoms with Gasteiger partial charge in [-0.2, -0.15) is 0 Å². The predicted octanol–water partition coefficient (Wildman–Crippen LogP) is 1.02. The van der Waals surface area contributed by atoms with Crippen LogP contribution in [-0.2, 0) is 4.79 Å². The van der Waals surface area contributed by atoms with Crippen LogP contribution in [0.5, 0.6) is 0 Å². The highest BCUT2D eigenvalue weighted by atomic mass is 16.4. The van der Waals surface area contributed by atoms with Crippen LogP contribution in [0.2, 0.25) is 0 Å². The Labute approximate surface area is 96.3 Å². The number of oxime groups is 1. The number of hydrogen-bond acceptors (Lipinski definition) is 3. The molecule has 1 rings (SSSR count). The summed E-state index contributed by atoms with van der Waals surface area (Å²) in [4.78, 5) is 13.8. The van der Waals surface area contributed by atoms with Gasteiger partial charge in [-0.1, -0.05) is 11.6 Å². The predicted molar refractivity (Wildman–Crippen MR) is 62.2 cm³/mol. The van der Waals surface area contributed by atoms with Gasteiger partial charge in [0.15, 0.2) is 5.84 Å². The smallest absolute Gasteiger partial charge is 0.233 e. The fourth-order valence-electron chi connectivity index (χ4n) is 1.85. The van der Waals surface area contributed by atoms with Crippen molar-refractivity contribution in [2.24, 2.45) is 22.7 Å². The zero-order valence-electron chi connectivity index (χ0n) is 10.0. The summed E-state index contributed by atoms with van der Waals surface area (Å²) in [6.07, 6.45) is 3.69. The van der Waals surface area contributed by atoms with Crippen molar-refractivity contribution in [3.05, 3.63) is 0 Å². The second kappa shape index (κ2) is 5.72. The van der Waals surface area contributed by atoms with E-state index < -0.39 is 5.92 Å². The van der Waals surface area contributed by atoms with Crippen LogP contribution in [0.3, 0.4) is 0 Å². The first-order valence-corrected chi connectivity index (χ1v) is 5.86. The van der Waals surface area contributed by atoms with E-state index in [1.807, 2.05) is 6.92 Å². The number of nitrogens with zero attached hydrogens (tertiary/aromatic N) is 2. The largest absolute Gasteiger partial charge is 0.409 e. The lowest BCUT2D eigenvalue weighted by atomic mass is 9.85. The van der Waals surface area contributed by atoms with Crippen molar-refractivity contribution in [3.8, 4) is 0 Å². The minimum atomic E-state index is -0.537. The summed E-state index contributed by atoms with van der Waals surface area (Å²) in [5.74, 6) is 0.0372.